The maximum Gasteiger partial charge on any atom is 0.298 e. The van der Waals surface area contributed by atoms with Crippen LogP contribution in [0.4, 0.5) is 10.4 Å². The molecule has 0 aliphatic carbocycles. The molecule has 3 N–H and O–H groups in total. The number of fused-ring (bicyclic) bond motifs is 1. The van der Waals surface area contributed by atoms with Gasteiger partial charge < -0.3 is 24.1 Å². The molecule has 0 spiro atoms. The van der Waals surface area contributed by atoms with E-state index in [9.17, 15) is 8.42 Å². The highest BCUT2D eigenvalue weighted by molar-refractivity contribution is 7.89. The van der Waals surface area contributed by atoms with Gasteiger partial charge >= 0.3 is 0 Å². The molecule has 0 unspecified atom stereocenters. The molecule has 9 nitrogen and oxygen atoms in total. The minimum Gasteiger partial charge on any atom is -0.494 e. The number of nitrogens with two attached hydrogens (primary N) is 1. The molecule has 1 aliphatic rings. The van der Waals surface area contributed by atoms with Crippen molar-refractivity contribution in [2.45, 2.75) is 44.2 Å². The second-order valence-electron chi connectivity index (χ2n) is 8.16. The number of ether oxygens (including phenoxy) is 2. The van der Waals surface area contributed by atoms with Crippen molar-refractivity contribution in [1.29, 1.82) is 0 Å². The van der Waals surface area contributed by atoms with Crippen LogP contribution in [-0.2, 0) is 16.6 Å². The smallest absolute Gasteiger partial charge is 0.298 e. The number of oxazole rings is 1. The Morgan fingerprint density at radius 1 is 1.20 bits per heavy atom. The summed E-state index contributed by atoms with van der Waals surface area (Å²) < 4.78 is 56.3. The lowest BCUT2D eigenvalue weighted by Gasteiger charge is -2.33. The van der Waals surface area contributed by atoms with Crippen molar-refractivity contribution in [1.82, 2.24) is 10.3 Å². The number of rotatable bonds is 9. The van der Waals surface area contributed by atoms with Gasteiger partial charge in [0.05, 0.1) is 24.8 Å². The first-order valence-corrected chi connectivity index (χ1v) is 13.3. The van der Waals surface area contributed by atoms with Crippen molar-refractivity contribution in [2.75, 3.05) is 31.2 Å². The van der Waals surface area contributed by atoms with E-state index in [4.69, 9.17) is 30.6 Å². The van der Waals surface area contributed by atoms with Gasteiger partial charge in [0, 0.05) is 23.7 Å². The maximum absolute atomic E-state index is 15.4. The van der Waals surface area contributed by atoms with Crippen LogP contribution in [-0.4, -0.2) is 45.7 Å². The molecule has 0 amide bonds. The van der Waals surface area contributed by atoms with Gasteiger partial charge in [0.2, 0.25) is 10.0 Å². The predicted octanol–water partition coefficient (Wildman–Crippen LogP) is 3.82. The summed E-state index contributed by atoms with van der Waals surface area (Å²) in [5.74, 6) is 0.130. The first-order chi connectivity index (χ1) is 16.7. The fraction of sp³-hybridized carbons (Fsp3) is 0.435. The number of primary sulfonamides is 1. The number of halogens is 2. The monoisotopic (exact) mass is 526 g/mol. The van der Waals surface area contributed by atoms with Crippen LogP contribution in [0.25, 0.3) is 11.1 Å². The molecule has 4 rings (SSSR count). The van der Waals surface area contributed by atoms with Crippen LogP contribution in [0, 0.1) is 5.82 Å². The number of hydrogen-bond acceptors (Lipinski definition) is 8. The Bertz CT molecular complexity index is 1310. The van der Waals surface area contributed by atoms with Gasteiger partial charge in [-0.05, 0) is 51.9 Å². The molecule has 1 aliphatic heterocycles. The summed E-state index contributed by atoms with van der Waals surface area (Å²) >= 11 is 6.13. The summed E-state index contributed by atoms with van der Waals surface area (Å²) in [6, 6.07) is 6.07. The van der Waals surface area contributed by atoms with Gasteiger partial charge in [0.25, 0.3) is 6.01 Å². The predicted molar refractivity (Wildman–Crippen MR) is 131 cm³/mol. The quantitative estimate of drug-likeness (QED) is 0.432. The molecule has 0 radical (unpaired) electrons. The third-order valence-electron chi connectivity index (χ3n) is 5.77. The number of hydrogen-bond donors (Lipinski definition) is 2. The molecule has 35 heavy (non-hydrogen) atoms. The number of sulfonamides is 1. The number of piperidine rings is 1. The van der Waals surface area contributed by atoms with Crippen LogP contribution in [0.5, 0.6) is 11.5 Å². The normalized spacial score (nSPS) is 14.9. The number of aromatic nitrogens is 1. The van der Waals surface area contributed by atoms with E-state index in [2.05, 4.69) is 10.3 Å². The highest BCUT2D eigenvalue weighted by Crippen LogP contribution is 2.34. The molecule has 2 aromatic carbocycles. The van der Waals surface area contributed by atoms with E-state index in [1.54, 1.807) is 13.0 Å². The molecular weight excluding hydrogens is 499 g/mol. The molecule has 1 saturated heterocycles. The van der Waals surface area contributed by atoms with Gasteiger partial charge in [-0.2, -0.15) is 4.98 Å². The summed E-state index contributed by atoms with van der Waals surface area (Å²) in [6.45, 7) is 6.08. The van der Waals surface area contributed by atoms with E-state index in [0.29, 0.717) is 30.0 Å². The molecule has 1 aromatic heterocycles. The molecular formula is C23H28ClFN4O5S. The average molecular weight is 527 g/mol. The summed E-state index contributed by atoms with van der Waals surface area (Å²) in [5.41, 5.74) is 0.948. The van der Waals surface area contributed by atoms with Crippen molar-refractivity contribution >= 4 is 38.7 Å². The minimum absolute atomic E-state index is 0.00295. The molecule has 2 heterocycles. The molecule has 12 heteroatoms. The number of nitrogens with zero attached hydrogens (tertiary/aromatic N) is 2. The Labute approximate surface area is 208 Å². The molecule has 1 fully saturated rings. The summed E-state index contributed by atoms with van der Waals surface area (Å²) in [6.07, 6.45) is 1.57. The fourth-order valence-corrected chi connectivity index (χ4v) is 5.25. The highest BCUT2D eigenvalue weighted by Gasteiger charge is 2.28. The Kier molecular flexibility index (Phi) is 7.70. The number of anilines is 1. The topological polar surface area (TPSA) is 120 Å². The zero-order valence-corrected chi connectivity index (χ0v) is 21.1. The molecule has 190 valence electrons. The van der Waals surface area contributed by atoms with Crippen LogP contribution < -0.4 is 24.8 Å². The fourth-order valence-electron chi connectivity index (χ4n) is 4.17. The average Bonchev–Trinajstić information content (AvgIpc) is 3.22. The first kappa shape index (κ1) is 25.5. The van der Waals surface area contributed by atoms with Crippen LogP contribution in [0.1, 0.15) is 32.3 Å². The van der Waals surface area contributed by atoms with Gasteiger partial charge in [-0.15, -0.1) is 0 Å². The third kappa shape index (κ3) is 5.64. The van der Waals surface area contributed by atoms with Crippen LogP contribution >= 0.6 is 11.6 Å². The van der Waals surface area contributed by atoms with Crippen LogP contribution in [0.15, 0.2) is 33.6 Å². The molecule has 0 atom stereocenters. The minimum atomic E-state index is -4.05. The Morgan fingerprint density at radius 3 is 2.57 bits per heavy atom. The number of nitrogens with one attached hydrogen (secondary N) is 1. The first-order valence-electron chi connectivity index (χ1n) is 11.4. The van der Waals surface area contributed by atoms with E-state index in [-0.39, 0.29) is 39.9 Å². The van der Waals surface area contributed by atoms with Crippen molar-refractivity contribution in [2.24, 2.45) is 5.14 Å². The van der Waals surface area contributed by atoms with Crippen molar-refractivity contribution in [3.63, 3.8) is 0 Å². The van der Waals surface area contributed by atoms with Crippen molar-refractivity contribution in [3.8, 4) is 11.5 Å². The van der Waals surface area contributed by atoms with Gasteiger partial charge in [-0.25, -0.2) is 17.9 Å². The summed E-state index contributed by atoms with van der Waals surface area (Å²) in [4.78, 5) is 6.18. The second kappa shape index (κ2) is 10.6. The lowest BCUT2D eigenvalue weighted by Crippen LogP contribution is -2.43. The third-order valence-corrected chi connectivity index (χ3v) is 7.15. The van der Waals surface area contributed by atoms with Crippen LogP contribution in [0.3, 0.4) is 0 Å². The van der Waals surface area contributed by atoms with Crippen molar-refractivity contribution in [3.05, 3.63) is 40.7 Å². The van der Waals surface area contributed by atoms with Crippen LogP contribution in [0.2, 0.25) is 5.02 Å². The van der Waals surface area contributed by atoms with Crippen molar-refractivity contribution < 1.29 is 26.7 Å². The van der Waals surface area contributed by atoms with Gasteiger partial charge in [0.1, 0.15) is 16.2 Å². The molecule has 0 bridgehead atoms. The standard InChI is InChI=1S/C23H28ClFN4O5S/c1-3-32-16-9-14(22(25)20(10-16)33-4-2)13-29(15-5-7-27-8-6-15)23-28-18-11-17(24)21(35(26,30)31)12-19(18)34-23/h9-12,15,27H,3-8,13H2,1-2H3,(H2,26,30,31). The van der Waals surface area contributed by atoms with E-state index in [1.807, 2.05) is 11.8 Å². The Hall–Kier alpha value is -2.60. The lowest BCUT2D eigenvalue weighted by atomic mass is 10.0. The van der Waals surface area contributed by atoms with E-state index in [1.165, 1.54) is 18.2 Å². The lowest BCUT2D eigenvalue weighted by molar-refractivity contribution is 0.307. The van der Waals surface area contributed by atoms with Gasteiger partial charge in [-0.3, -0.25) is 0 Å². The maximum atomic E-state index is 15.4. The van der Waals surface area contributed by atoms with Gasteiger partial charge in [0.15, 0.2) is 17.1 Å². The largest absolute Gasteiger partial charge is 0.494 e. The van der Waals surface area contributed by atoms with E-state index >= 15 is 4.39 Å². The summed E-state index contributed by atoms with van der Waals surface area (Å²) in [5, 5.41) is 8.54. The summed E-state index contributed by atoms with van der Waals surface area (Å²) in [7, 11) is -4.05. The van der Waals surface area contributed by atoms with E-state index < -0.39 is 15.8 Å². The van der Waals surface area contributed by atoms with Gasteiger partial charge in [-0.1, -0.05) is 11.6 Å². The zero-order valence-electron chi connectivity index (χ0n) is 19.5. The molecule has 3 aromatic rings. The zero-order chi connectivity index (χ0) is 25.2. The Morgan fingerprint density at radius 2 is 1.91 bits per heavy atom. The second-order valence-corrected chi connectivity index (χ2v) is 10.1. The Balaban J connectivity index is 1.78. The molecule has 0 saturated carbocycles. The SMILES string of the molecule is CCOc1cc(CN(c2nc3cc(Cl)c(S(N)(=O)=O)cc3o2)C2CCNCC2)c(F)c(OCC)c1. The van der Waals surface area contributed by atoms with E-state index in [0.717, 1.165) is 25.9 Å². The number of benzene rings is 2. The highest BCUT2D eigenvalue weighted by atomic mass is 35.5.